The number of benzene rings is 2. The number of hydrogen-bond donors (Lipinski definition) is 4. The van der Waals surface area contributed by atoms with Crippen LogP contribution < -0.4 is 16.1 Å². The molecule has 278 valence electrons. The van der Waals surface area contributed by atoms with Gasteiger partial charge in [0.1, 0.15) is 12.1 Å². The van der Waals surface area contributed by atoms with Gasteiger partial charge < -0.3 is 34.7 Å². The molecule has 3 bridgehead atoms. The smallest absolute Gasteiger partial charge is 0.407 e. The first-order chi connectivity index (χ1) is 25.0. The third-order valence-corrected chi connectivity index (χ3v) is 10.0. The van der Waals surface area contributed by atoms with E-state index in [4.69, 9.17) is 18.9 Å². The van der Waals surface area contributed by atoms with Crippen LogP contribution in [0.25, 0.3) is 11.1 Å². The number of methoxy groups -OCH3 is 1. The van der Waals surface area contributed by atoms with Crippen LogP contribution in [-0.4, -0.2) is 90.1 Å². The van der Waals surface area contributed by atoms with Crippen molar-refractivity contribution >= 4 is 18.1 Å². The number of amides is 3. The number of carbonyl (C=O) groups is 3. The average molecular weight is 716 g/mol. The summed E-state index contributed by atoms with van der Waals surface area (Å²) < 4.78 is 22.7. The lowest BCUT2D eigenvalue weighted by atomic mass is 9.78. The van der Waals surface area contributed by atoms with Crippen molar-refractivity contribution in [2.45, 2.75) is 83.3 Å². The highest BCUT2D eigenvalue weighted by molar-refractivity contribution is 5.86. The van der Waals surface area contributed by atoms with Gasteiger partial charge in [0.25, 0.3) is 5.91 Å². The van der Waals surface area contributed by atoms with E-state index in [1.54, 1.807) is 17.4 Å². The Morgan fingerprint density at radius 2 is 1.71 bits per heavy atom. The van der Waals surface area contributed by atoms with Crippen LogP contribution in [0.2, 0.25) is 0 Å². The number of hydrogen-bond acceptors (Lipinski definition) is 10. The van der Waals surface area contributed by atoms with E-state index >= 15 is 0 Å². The molecule has 2 saturated heterocycles. The van der Waals surface area contributed by atoms with Gasteiger partial charge >= 0.3 is 12.2 Å². The van der Waals surface area contributed by atoms with E-state index < -0.39 is 47.8 Å². The Kier molecular flexibility index (Phi) is 11.7. The third-order valence-electron chi connectivity index (χ3n) is 10.0. The maximum Gasteiger partial charge on any atom is 0.407 e. The standard InChI is InChI=1S/C39H49N5O8/c1-39(2,3)34(42-37(47)49-4)35(46)43-44(21-25-12-14-26(15-13-25)27-11-8-16-40-20-27)22-31(45)30(17-24-9-6-5-7-10-24)41-38(48)52-33-29-18-28-19-32(33)51-36(28)50-23-29/h5-16,20,28-34,36,45H,17-19,21-23H2,1-4H3,(H,41,48)(H,42,47)(H,43,46). The van der Waals surface area contributed by atoms with Gasteiger partial charge in [-0.3, -0.25) is 15.2 Å². The van der Waals surface area contributed by atoms with Crippen LogP contribution in [-0.2, 0) is 36.7 Å². The lowest BCUT2D eigenvalue weighted by Gasteiger charge is -2.37. The molecule has 3 fully saturated rings. The number of aromatic nitrogens is 1. The van der Waals surface area contributed by atoms with Crippen molar-refractivity contribution in [1.29, 1.82) is 0 Å². The van der Waals surface area contributed by atoms with Crippen molar-refractivity contribution < 1.29 is 38.4 Å². The number of rotatable bonds is 13. The summed E-state index contributed by atoms with van der Waals surface area (Å²) in [7, 11) is 1.24. The van der Waals surface area contributed by atoms with Crippen molar-refractivity contribution in [1.82, 2.24) is 26.1 Å². The fourth-order valence-electron chi connectivity index (χ4n) is 7.31. The van der Waals surface area contributed by atoms with Gasteiger partial charge in [0.2, 0.25) is 0 Å². The van der Waals surface area contributed by atoms with E-state index in [1.807, 2.05) is 87.5 Å². The summed E-state index contributed by atoms with van der Waals surface area (Å²) in [5.41, 5.74) is 5.94. The summed E-state index contributed by atoms with van der Waals surface area (Å²) in [6, 6.07) is 19.4. The van der Waals surface area contributed by atoms with Crippen molar-refractivity contribution in [2.75, 3.05) is 20.3 Å². The molecule has 52 heavy (non-hydrogen) atoms. The fourth-order valence-corrected chi connectivity index (χ4v) is 7.31. The Hall–Kier alpha value is -4.56. The molecule has 8 atom stereocenters. The summed E-state index contributed by atoms with van der Waals surface area (Å²) in [4.78, 5) is 43.8. The average Bonchev–Trinajstić information content (AvgIpc) is 3.43. The number of aliphatic hydroxyl groups excluding tert-OH is 1. The molecule has 13 heteroatoms. The van der Waals surface area contributed by atoms with Crippen molar-refractivity contribution in [3.05, 3.63) is 90.3 Å². The third kappa shape index (κ3) is 9.26. The SMILES string of the molecule is COC(=O)NC(C(=O)NN(Cc1ccc(-c2cccnc2)cc1)CC(O)C(Cc1ccccc1)NC(=O)OC1C2COC3OC1CC3C2)C(C)(C)C. The first kappa shape index (κ1) is 37.2. The highest BCUT2D eigenvalue weighted by Crippen LogP contribution is 2.46. The Labute approximate surface area is 304 Å². The van der Waals surface area contributed by atoms with Gasteiger partial charge in [0.05, 0.1) is 32.0 Å². The highest BCUT2D eigenvalue weighted by Gasteiger charge is 2.53. The minimum Gasteiger partial charge on any atom is -0.453 e. The van der Waals surface area contributed by atoms with Crippen molar-refractivity contribution in [3.63, 3.8) is 0 Å². The molecule has 8 unspecified atom stereocenters. The van der Waals surface area contributed by atoms with Crippen LogP contribution >= 0.6 is 0 Å². The summed E-state index contributed by atoms with van der Waals surface area (Å²) >= 11 is 0. The molecule has 13 nitrogen and oxygen atoms in total. The van der Waals surface area contributed by atoms with Crippen LogP contribution in [0.1, 0.15) is 44.7 Å². The van der Waals surface area contributed by atoms with E-state index in [-0.39, 0.29) is 31.4 Å². The normalized spacial score (nSPS) is 23.7. The van der Waals surface area contributed by atoms with Gasteiger partial charge in [-0.15, -0.1) is 0 Å². The van der Waals surface area contributed by atoms with Crippen LogP contribution in [0.15, 0.2) is 79.1 Å². The summed E-state index contributed by atoms with van der Waals surface area (Å²) in [5.74, 6) is -0.114. The zero-order valence-corrected chi connectivity index (χ0v) is 30.1. The number of aliphatic hydroxyl groups is 1. The van der Waals surface area contributed by atoms with Crippen LogP contribution in [0.4, 0.5) is 9.59 Å². The monoisotopic (exact) mass is 715 g/mol. The number of nitrogens with one attached hydrogen (secondary N) is 3. The molecule has 3 aromatic rings. The number of hydrazine groups is 1. The summed E-state index contributed by atoms with van der Waals surface area (Å²) in [5, 5.41) is 19.0. The number of nitrogens with zero attached hydrogens (tertiary/aromatic N) is 2. The molecule has 3 aliphatic rings. The molecule has 1 aromatic heterocycles. The molecule has 6 rings (SSSR count). The van der Waals surface area contributed by atoms with Gasteiger partial charge in [-0.05, 0) is 53.0 Å². The molecule has 0 radical (unpaired) electrons. The summed E-state index contributed by atoms with van der Waals surface area (Å²) in [6.45, 7) is 6.10. The van der Waals surface area contributed by atoms with E-state index in [9.17, 15) is 19.5 Å². The molecular weight excluding hydrogens is 666 g/mol. The van der Waals surface area contributed by atoms with E-state index in [2.05, 4.69) is 21.0 Å². The topological polar surface area (TPSA) is 161 Å². The molecule has 1 aliphatic carbocycles. The first-order valence-corrected chi connectivity index (χ1v) is 17.8. The quantitative estimate of drug-likeness (QED) is 0.189. The second-order valence-corrected chi connectivity index (χ2v) is 15.0. The summed E-state index contributed by atoms with van der Waals surface area (Å²) in [6.07, 6.45) is 2.01. The predicted molar refractivity (Wildman–Crippen MR) is 191 cm³/mol. The Morgan fingerprint density at radius 3 is 2.40 bits per heavy atom. The molecule has 1 saturated carbocycles. The molecule has 3 heterocycles. The molecule has 3 amide bonds. The number of fused-ring (bicyclic) bond motifs is 2. The first-order valence-electron chi connectivity index (χ1n) is 17.8. The van der Waals surface area contributed by atoms with Crippen molar-refractivity contribution in [2.24, 2.45) is 17.3 Å². The van der Waals surface area contributed by atoms with Crippen LogP contribution in [0, 0.1) is 17.3 Å². The molecule has 4 N–H and O–H groups in total. The van der Waals surface area contributed by atoms with Crippen LogP contribution in [0.3, 0.4) is 0 Å². The van der Waals surface area contributed by atoms with E-state index in [0.717, 1.165) is 35.1 Å². The Bertz CT molecular complexity index is 1650. The van der Waals surface area contributed by atoms with E-state index in [0.29, 0.717) is 18.9 Å². The minimum atomic E-state index is -1.16. The lowest BCUT2D eigenvalue weighted by Crippen LogP contribution is -2.59. The largest absolute Gasteiger partial charge is 0.453 e. The molecule has 2 aliphatic heterocycles. The number of pyridine rings is 1. The zero-order chi connectivity index (χ0) is 36.8. The maximum absolute atomic E-state index is 13.8. The number of ether oxygens (including phenoxy) is 4. The Balaban J connectivity index is 1.21. The second kappa shape index (κ2) is 16.4. The second-order valence-electron chi connectivity index (χ2n) is 15.0. The zero-order valence-electron chi connectivity index (χ0n) is 30.1. The minimum absolute atomic E-state index is 0.0513. The molecule has 2 aromatic carbocycles. The highest BCUT2D eigenvalue weighted by atomic mass is 16.7. The fraction of sp³-hybridized carbons (Fsp3) is 0.487. The number of alkyl carbamates (subject to hydrolysis) is 2. The maximum atomic E-state index is 13.8. The van der Waals surface area contributed by atoms with Gasteiger partial charge in [0.15, 0.2) is 6.29 Å². The van der Waals surface area contributed by atoms with Gasteiger partial charge in [0, 0.05) is 37.3 Å². The van der Waals surface area contributed by atoms with Gasteiger partial charge in [-0.1, -0.05) is 81.4 Å². The van der Waals surface area contributed by atoms with Gasteiger partial charge in [-0.2, -0.15) is 0 Å². The predicted octanol–water partition coefficient (Wildman–Crippen LogP) is 4.20. The number of carbonyl (C=O) groups excluding carboxylic acids is 3. The van der Waals surface area contributed by atoms with E-state index in [1.165, 1.54) is 7.11 Å². The lowest BCUT2D eigenvalue weighted by molar-refractivity contribution is -0.153. The van der Waals surface area contributed by atoms with Crippen LogP contribution in [0.5, 0.6) is 0 Å². The Morgan fingerprint density at radius 1 is 0.942 bits per heavy atom. The van der Waals surface area contributed by atoms with Crippen molar-refractivity contribution in [3.8, 4) is 11.1 Å². The molecule has 0 spiro atoms. The molecular formula is C39H49N5O8. The van der Waals surface area contributed by atoms with Gasteiger partial charge in [-0.25, -0.2) is 14.6 Å².